The molecule has 0 heterocycles. The van der Waals surface area contributed by atoms with Crippen LogP contribution >= 0.6 is 11.6 Å². The van der Waals surface area contributed by atoms with Gasteiger partial charge in [0.25, 0.3) is 15.7 Å². The standard InChI is InChI=1S/C18H16ClN3O6S/c1-4-7-28-18-15(19)8-13(9-17(18)27-3)11-20-21-29(25,26)14-6-5-12(2)16(10-14)22(23)24/h1,5-6,8-11,21H,7H2,2-3H3/b20-11+. The highest BCUT2D eigenvalue weighted by molar-refractivity contribution is 7.89. The summed E-state index contributed by atoms with van der Waals surface area (Å²) < 4.78 is 35.2. The summed E-state index contributed by atoms with van der Waals surface area (Å²) in [5.74, 6) is 2.84. The summed E-state index contributed by atoms with van der Waals surface area (Å²) in [6.07, 6.45) is 6.35. The number of aryl methyl sites for hydroxylation is 1. The molecular formula is C18H16ClN3O6S. The number of benzene rings is 2. The molecule has 0 radical (unpaired) electrons. The SMILES string of the molecule is C#CCOc1c(Cl)cc(/C=N/NS(=O)(=O)c2ccc(C)c([N+](=O)[O-])c2)cc1OC. The molecule has 0 aliphatic heterocycles. The summed E-state index contributed by atoms with van der Waals surface area (Å²) in [5, 5.41) is 14.9. The molecule has 152 valence electrons. The molecule has 0 saturated carbocycles. The lowest BCUT2D eigenvalue weighted by Crippen LogP contribution is -2.18. The van der Waals surface area contributed by atoms with Gasteiger partial charge in [-0.3, -0.25) is 10.1 Å². The van der Waals surface area contributed by atoms with E-state index in [1.807, 2.05) is 4.83 Å². The van der Waals surface area contributed by atoms with Gasteiger partial charge in [0, 0.05) is 11.6 Å². The third-order valence-corrected chi connectivity index (χ3v) is 5.13. The molecular weight excluding hydrogens is 422 g/mol. The normalized spacial score (nSPS) is 11.1. The van der Waals surface area contributed by atoms with Crippen LogP contribution in [0, 0.1) is 29.4 Å². The second-order valence-corrected chi connectivity index (χ2v) is 7.65. The lowest BCUT2D eigenvalue weighted by molar-refractivity contribution is -0.385. The van der Waals surface area contributed by atoms with E-state index in [0.29, 0.717) is 11.1 Å². The highest BCUT2D eigenvalue weighted by Crippen LogP contribution is 2.36. The molecule has 9 nitrogen and oxygen atoms in total. The predicted octanol–water partition coefficient (Wildman–Crippen LogP) is 2.89. The second-order valence-electron chi connectivity index (χ2n) is 5.59. The number of nitro benzene ring substituents is 1. The molecule has 0 bridgehead atoms. The van der Waals surface area contributed by atoms with E-state index in [-0.39, 0.29) is 33.7 Å². The van der Waals surface area contributed by atoms with Gasteiger partial charge >= 0.3 is 0 Å². The van der Waals surface area contributed by atoms with Crippen LogP contribution in [0.3, 0.4) is 0 Å². The van der Waals surface area contributed by atoms with Gasteiger partial charge in [-0.05, 0) is 30.7 Å². The summed E-state index contributed by atoms with van der Waals surface area (Å²) in [6.45, 7) is 1.50. The zero-order chi connectivity index (χ0) is 21.6. The van der Waals surface area contributed by atoms with Crippen molar-refractivity contribution in [1.29, 1.82) is 0 Å². The number of hydrogen-bond acceptors (Lipinski definition) is 7. The summed E-state index contributed by atoms with van der Waals surface area (Å²) in [4.78, 5) is 12.0. The molecule has 0 unspecified atom stereocenters. The first-order valence-electron chi connectivity index (χ1n) is 7.93. The fraction of sp³-hybridized carbons (Fsp3) is 0.167. The van der Waals surface area contributed by atoms with Crippen molar-refractivity contribution in [2.45, 2.75) is 11.8 Å². The second kappa shape index (κ2) is 9.27. The molecule has 29 heavy (non-hydrogen) atoms. The first kappa shape index (κ1) is 22.0. The fourth-order valence-electron chi connectivity index (χ4n) is 2.24. The van der Waals surface area contributed by atoms with E-state index < -0.39 is 14.9 Å². The topological polar surface area (TPSA) is 120 Å². The number of ether oxygens (including phenoxy) is 2. The van der Waals surface area contributed by atoms with Crippen molar-refractivity contribution in [3.63, 3.8) is 0 Å². The Morgan fingerprint density at radius 1 is 1.38 bits per heavy atom. The highest BCUT2D eigenvalue weighted by atomic mass is 35.5. The van der Waals surface area contributed by atoms with Crippen molar-refractivity contribution < 1.29 is 22.8 Å². The molecule has 11 heteroatoms. The first-order chi connectivity index (χ1) is 13.7. The van der Waals surface area contributed by atoms with Crippen LogP contribution in [0.25, 0.3) is 0 Å². The van der Waals surface area contributed by atoms with Crippen LogP contribution < -0.4 is 14.3 Å². The van der Waals surface area contributed by atoms with Gasteiger partial charge in [-0.15, -0.1) is 6.42 Å². The Hall–Kier alpha value is -3.29. The van der Waals surface area contributed by atoms with Crippen molar-refractivity contribution in [3.8, 4) is 23.8 Å². The van der Waals surface area contributed by atoms with Gasteiger partial charge < -0.3 is 9.47 Å². The van der Waals surface area contributed by atoms with E-state index in [0.717, 1.165) is 6.07 Å². The monoisotopic (exact) mass is 437 g/mol. The molecule has 0 aliphatic carbocycles. The van der Waals surface area contributed by atoms with Crippen LogP contribution in [0.4, 0.5) is 5.69 Å². The van der Waals surface area contributed by atoms with Crippen LogP contribution in [0.2, 0.25) is 5.02 Å². The minimum absolute atomic E-state index is 0.00793. The van der Waals surface area contributed by atoms with Crippen molar-refractivity contribution in [2.24, 2.45) is 5.10 Å². The number of nitrogens with zero attached hydrogens (tertiary/aromatic N) is 2. The van der Waals surface area contributed by atoms with Crippen LogP contribution in [0.5, 0.6) is 11.5 Å². The van der Waals surface area contributed by atoms with Crippen molar-refractivity contribution in [1.82, 2.24) is 4.83 Å². The van der Waals surface area contributed by atoms with Crippen molar-refractivity contribution in [3.05, 3.63) is 56.6 Å². The number of nitrogens with one attached hydrogen (secondary N) is 1. The van der Waals surface area contributed by atoms with Gasteiger partial charge in [-0.2, -0.15) is 13.5 Å². The summed E-state index contributed by atoms with van der Waals surface area (Å²) in [5.41, 5.74) is 0.444. The molecule has 2 aromatic rings. The molecule has 0 atom stereocenters. The van der Waals surface area contributed by atoms with Gasteiger partial charge in [0.15, 0.2) is 11.5 Å². The quantitative estimate of drug-likeness (QED) is 0.293. The molecule has 2 aromatic carbocycles. The lowest BCUT2D eigenvalue weighted by atomic mass is 10.2. The maximum atomic E-state index is 12.3. The van der Waals surface area contributed by atoms with E-state index in [4.69, 9.17) is 27.5 Å². The predicted molar refractivity (Wildman–Crippen MR) is 108 cm³/mol. The van der Waals surface area contributed by atoms with Gasteiger partial charge in [-0.25, -0.2) is 4.83 Å². The Balaban J connectivity index is 2.25. The minimum Gasteiger partial charge on any atom is -0.493 e. The van der Waals surface area contributed by atoms with Gasteiger partial charge in [-0.1, -0.05) is 23.6 Å². The molecule has 2 rings (SSSR count). The maximum Gasteiger partial charge on any atom is 0.276 e. The van der Waals surface area contributed by atoms with Gasteiger partial charge in [0.05, 0.1) is 28.2 Å². The Kier molecular flexibility index (Phi) is 7.03. The zero-order valence-corrected chi connectivity index (χ0v) is 17.0. The Labute approximate surface area is 172 Å². The smallest absolute Gasteiger partial charge is 0.276 e. The van der Waals surface area contributed by atoms with Crippen LogP contribution in [-0.4, -0.2) is 33.3 Å². The number of methoxy groups -OCH3 is 1. The largest absolute Gasteiger partial charge is 0.493 e. The first-order valence-corrected chi connectivity index (χ1v) is 9.79. The molecule has 1 N–H and O–H groups in total. The molecule has 0 fully saturated rings. The van der Waals surface area contributed by atoms with E-state index >= 15 is 0 Å². The number of nitro groups is 1. The van der Waals surface area contributed by atoms with E-state index in [9.17, 15) is 18.5 Å². The van der Waals surface area contributed by atoms with Crippen molar-refractivity contribution >= 4 is 33.5 Å². The van der Waals surface area contributed by atoms with Gasteiger partial charge in [0.1, 0.15) is 6.61 Å². The summed E-state index contributed by atoms with van der Waals surface area (Å²) in [7, 11) is -2.71. The molecule has 0 spiro atoms. The Morgan fingerprint density at radius 2 is 2.10 bits per heavy atom. The third-order valence-electron chi connectivity index (χ3n) is 3.63. The maximum absolute atomic E-state index is 12.3. The fourth-order valence-corrected chi connectivity index (χ4v) is 3.33. The molecule has 0 saturated heterocycles. The number of hydrazone groups is 1. The molecule has 0 amide bonds. The number of sulfonamides is 1. The third kappa shape index (κ3) is 5.37. The Bertz CT molecular complexity index is 1110. The summed E-state index contributed by atoms with van der Waals surface area (Å²) >= 11 is 6.14. The summed E-state index contributed by atoms with van der Waals surface area (Å²) in [6, 6.07) is 6.55. The van der Waals surface area contributed by atoms with E-state index in [1.54, 1.807) is 0 Å². The zero-order valence-electron chi connectivity index (χ0n) is 15.4. The van der Waals surface area contributed by atoms with Crippen LogP contribution in [0.15, 0.2) is 40.3 Å². The molecule has 0 aromatic heterocycles. The average molecular weight is 438 g/mol. The number of rotatable bonds is 8. The average Bonchev–Trinajstić information content (AvgIpc) is 2.66. The van der Waals surface area contributed by atoms with Crippen LogP contribution in [-0.2, 0) is 10.0 Å². The van der Waals surface area contributed by atoms with Crippen molar-refractivity contribution in [2.75, 3.05) is 13.7 Å². The number of halogens is 1. The highest BCUT2D eigenvalue weighted by Gasteiger charge is 2.19. The number of hydrogen-bond donors (Lipinski definition) is 1. The minimum atomic E-state index is -4.11. The van der Waals surface area contributed by atoms with Crippen LogP contribution in [0.1, 0.15) is 11.1 Å². The lowest BCUT2D eigenvalue weighted by Gasteiger charge is -2.11. The van der Waals surface area contributed by atoms with E-state index in [1.165, 1.54) is 44.5 Å². The molecule has 0 aliphatic rings. The Morgan fingerprint density at radius 3 is 2.72 bits per heavy atom. The van der Waals surface area contributed by atoms with Gasteiger partial charge in [0.2, 0.25) is 0 Å². The number of terminal acetylenes is 1. The van der Waals surface area contributed by atoms with E-state index in [2.05, 4.69) is 11.0 Å².